The van der Waals surface area contributed by atoms with Crippen LogP contribution in [0.4, 0.5) is 0 Å². The van der Waals surface area contributed by atoms with E-state index >= 15 is 0 Å². The number of hydrogen-bond donors (Lipinski definition) is 0. The van der Waals surface area contributed by atoms with Crippen molar-refractivity contribution in [3.63, 3.8) is 0 Å². The fourth-order valence-corrected chi connectivity index (χ4v) is 23.5. The Labute approximate surface area is 563 Å². The summed E-state index contributed by atoms with van der Waals surface area (Å²) in [5.74, 6) is 8.52. The predicted octanol–water partition coefficient (Wildman–Crippen LogP) is 18.1. The van der Waals surface area contributed by atoms with Crippen LogP contribution in [0.25, 0.3) is 0 Å². The van der Waals surface area contributed by atoms with Gasteiger partial charge in [0.15, 0.2) is 19.9 Å². The maximum absolute atomic E-state index is 13.7. The van der Waals surface area contributed by atoms with E-state index < -0.39 is 17.1 Å². The SMILES string of the molecule is CCC(C)(C)C(=O)OC1CC2CC1C1C3CC(CC3C(=O)OC3(C)C4CC5CC(C4)CC3C5)C21.CCC(C)(C)C(=O)OCOC1C2(C)CCC(C2)C1(C)C.CCC(C)C(=O)OC(C)OC1C2(C)CCC(C2)C1(C)C.CCC(C)C(=O)OCOC1C2(C)CCC(C2)C1(C)C. The van der Waals surface area contributed by atoms with Crippen LogP contribution < -0.4 is 0 Å². The van der Waals surface area contributed by atoms with E-state index in [0.29, 0.717) is 41.4 Å². The highest BCUT2D eigenvalue weighted by atomic mass is 16.7. The Balaban J connectivity index is 0.000000141. The minimum Gasteiger partial charge on any atom is -0.462 e. The van der Waals surface area contributed by atoms with Crippen LogP contribution >= 0.6 is 0 Å². The highest BCUT2D eigenvalue weighted by molar-refractivity contribution is 5.77. The molecule has 13 heteroatoms. The lowest BCUT2D eigenvalue weighted by Gasteiger charge is -2.59. The van der Waals surface area contributed by atoms with E-state index in [1.807, 2.05) is 69.2 Å². The monoisotopic (exact) mass is 1300 g/mol. The number of carbonyl (C=O) groups excluding carboxylic acids is 5. The van der Waals surface area contributed by atoms with Crippen molar-refractivity contribution < 1.29 is 61.9 Å². The zero-order chi connectivity index (χ0) is 68.1. The number of carbonyl (C=O) groups is 5. The summed E-state index contributed by atoms with van der Waals surface area (Å²) in [4.78, 5) is 62.1. The Morgan fingerprint density at radius 1 is 0.484 bits per heavy atom. The van der Waals surface area contributed by atoms with Gasteiger partial charge < -0.3 is 37.9 Å². The molecule has 0 amide bonds. The van der Waals surface area contributed by atoms with Crippen LogP contribution in [0.2, 0.25) is 0 Å². The molecule has 0 N–H and O–H groups in total. The molecule has 0 heterocycles. The van der Waals surface area contributed by atoms with E-state index in [-0.39, 0.29) is 124 Å². The van der Waals surface area contributed by atoms with Crippen molar-refractivity contribution in [3.8, 4) is 0 Å². The Hall–Kier alpha value is -2.77. The number of hydrogen-bond acceptors (Lipinski definition) is 13. The van der Waals surface area contributed by atoms with Crippen LogP contribution in [0.1, 0.15) is 287 Å². The average Bonchev–Trinajstić information content (AvgIpc) is 1.58. The van der Waals surface area contributed by atoms with Gasteiger partial charge in [-0.15, -0.1) is 0 Å². The van der Waals surface area contributed by atoms with Crippen molar-refractivity contribution >= 4 is 29.8 Å². The quantitative estimate of drug-likeness (QED) is 0.0491. The summed E-state index contributed by atoms with van der Waals surface area (Å²) < 4.78 is 47.0. The van der Waals surface area contributed by atoms with Crippen molar-refractivity contribution in [2.24, 2.45) is 138 Å². The smallest absolute Gasteiger partial charge is 0.313 e. The van der Waals surface area contributed by atoms with E-state index in [0.717, 1.165) is 74.0 Å². The maximum atomic E-state index is 13.7. The van der Waals surface area contributed by atoms with Crippen LogP contribution in [0.15, 0.2) is 0 Å². The standard InChI is InChI=1S/C30H44O4.2C17H30O3.C16H28O3/c1-5-29(2,3)28(32)33-24-14-18-13-23(24)26-21-11-17(25(18)26)12-22(21)27(31)34-30(4)19-7-15-6-16(9-19)10-20(30)8-15;1-7-15(2,3)14(18)20-11-19-13-16(4,5)12-8-9-17(13,6)10-12;1-7-11(2)14(18)19-12(3)20-15-16(4,5)13-8-9-17(15,6)10-13;1-6-11(2)13(17)18-10-19-14-15(3,4)12-7-8-16(14,5)9-12/h15-26H,5-14H2,1-4H3;12-13H,7-11H2,1-6H3;11-13,15H,7-10H2,1-6H3;11-12,14H,6-10H2,1-5H3. The molecule has 13 nitrogen and oxygen atoms in total. The molecule has 0 aromatic heterocycles. The minimum absolute atomic E-state index is 0.0296. The maximum Gasteiger partial charge on any atom is 0.313 e. The van der Waals surface area contributed by atoms with Crippen molar-refractivity contribution in [2.45, 2.75) is 323 Å². The van der Waals surface area contributed by atoms with Crippen LogP contribution in [-0.4, -0.2) is 79.7 Å². The molecule has 14 fully saturated rings. The van der Waals surface area contributed by atoms with Gasteiger partial charge in [0.1, 0.15) is 11.7 Å². The number of fused-ring (bicyclic) bond motifs is 15. The zero-order valence-corrected chi connectivity index (χ0v) is 62.4. The summed E-state index contributed by atoms with van der Waals surface area (Å²) in [6.45, 7) is 44.8. The van der Waals surface area contributed by atoms with Crippen LogP contribution in [0.3, 0.4) is 0 Å². The Kier molecular flexibility index (Phi) is 21.0. The predicted molar refractivity (Wildman–Crippen MR) is 361 cm³/mol. The first-order valence-electron chi connectivity index (χ1n) is 38.2. The van der Waals surface area contributed by atoms with Gasteiger partial charge in [-0.25, -0.2) is 0 Å². The fourth-order valence-electron chi connectivity index (χ4n) is 23.5. The topological polar surface area (TPSA) is 159 Å². The Morgan fingerprint density at radius 2 is 0.925 bits per heavy atom. The first kappa shape index (κ1) is 73.0. The second kappa shape index (κ2) is 26.7. The number of esters is 5. The normalized spacial score (nSPS) is 43.0. The molecule has 0 aromatic carbocycles. The van der Waals surface area contributed by atoms with Gasteiger partial charge in [-0.3, -0.25) is 24.0 Å². The van der Waals surface area contributed by atoms with Gasteiger partial charge in [-0.05, 0) is 292 Å². The van der Waals surface area contributed by atoms with Crippen molar-refractivity contribution in [2.75, 3.05) is 13.6 Å². The molecule has 0 radical (unpaired) electrons. The summed E-state index contributed by atoms with van der Waals surface area (Å²) in [5.41, 5.74) is 0.334. The highest BCUT2D eigenvalue weighted by Gasteiger charge is 2.69. The van der Waals surface area contributed by atoms with Crippen molar-refractivity contribution in [1.82, 2.24) is 0 Å². The molecular weight excluding hydrogens is 1170 g/mol. The average molecular weight is 1300 g/mol. The third-order valence-corrected chi connectivity index (χ3v) is 30.2. The van der Waals surface area contributed by atoms with Gasteiger partial charge in [0.2, 0.25) is 0 Å². The largest absolute Gasteiger partial charge is 0.462 e. The summed E-state index contributed by atoms with van der Waals surface area (Å²) in [5, 5.41) is 0. The Morgan fingerprint density at radius 3 is 1.39 bits per heavy atom. The minimum atomic E-state index is -0.447. The molecular formula is C80H132O13. The van der Waals surface area contributed by atoms with Crippen molar-refractivity contribution in [1.29, 1.82) is 0 Å². The molecule has 14 rings (SSSR count). The molecule has 0 aromatic rings. The molecule has 530 valence electrons. The molecule has 14 aliphatic rings. The Bertz CT molecular complexity index is 2650. The van der Waals surface area contributed by atoms with E-state index in [4.69, 9.17) is 37.9 Å². The molecule has 93 heavy (non-hydrogen) atoms. The molecule has 14 bridgehead atoms. The number of ether oxygens (including phenoxy) is 8. The van der Waals surface area contributed by atoms with Gasteiger partial charge in [-0.2, -0.15) is 0 Å². The molecule has 20 atom stereocenters. The van der Waals surface area contributed by atoms with Gasteiger partial charge >= 0.3 is 29.8 Å². The summed E-state index contributed by atoms with van der Waals surface area (Å²) in [6.07, 6.45) is 25.9. The summed E-state index contributed by atoms with van der Waals surface area (Å²) >= 11 is 0. The van der Waals surface area contributed by atoms with Crippen molar-refractivity contribution in [3.05, 3.63) is 0 Å². The zero-order valence-electron chi connectivity index (χ0n) is 62.4. The third-order valence-electron chi connectivity index (χ3n) is 30.2. The molecule has 14 aliphatic carbocycles. The molecule has 20 unspecified atom stereocenters. The summed E-state index contributed by atoms with van der Waals surface area (Å²) in [7, 11) is 0. The third kappa shape index (κ3) is 13.6. The van der Waals surface area contributed by atoms with E-state index in [9.17, 15) is 24.0 Å². The van der Waals surface area contributed by atoms with E-state index in [1.165, 1.54) is 103 Å². The molecule has 14 saturated carbocycles. The lowest BCUT2D eigenvalue weighted by atomic mass is 9.50. The van der Waals surface area contributed by atoms with Gasteiger partial charge in [-0.1, -0.05) is 104 Å². The summed E-state index contributed by atoms with van der Waals surface area (Å²) in [6, 6.07) is 0. The van der Waals surface area contributed by atoms with Crippen LogP contribution in [-0.2, 0) is 61.9 Å². The highest BCUT2D eigenvalue weighted by Crippen LogP contribution is 2.71. The lowest BCUT2D eigenvalue weighted by molar-refractivity contribution is -0.215. The van der Waals surface area contributed by atoms with Gasteiger partial charge in [0.05, 0.1) is 46.9 Å². The fraction of sp³-hybridized carbons (Fsp3) is 0.938. The molecule has 0 aliphatic heterocycles. The van der Waals surface area contributed by atoms with Gasteiger partial charge in [0, 0.05) is 0 Å². The second-order valence-corrected chi connectivity index (χ2v) is 38.0. The van der Waals surface area contributed by atoms with Gasteiger partial charge in [0.25, 0.3) is 0 Å². The first-order valence-corrected chi connectivity index (χ1v) is 38.2. The second-order valence-electron chi connectivity index (χ2n) is 38.0. The van der Waals surface area contributed by atoms with E-state index in [1.54, 1.807) is 0 Å². The first-order chi connectivity index (χ1) is 43.3. The van der Waals surface area contributed by atoms with Crippen LogP contribution in [0, 0.1) is 138 Å². The molecule has 0 spiro atoms. The number of rotatable bonds is 20. The van der Waals surface area contributed by atoms with E-state index in [2.05, 4.69) is 76.2 Å². The van der Waals surface area contributed by atoms with Crippen LogP contribution in [0.5, 0.6) is 0 Å². The lowest BCUT2D eigenvalue weighted by Crippen LogP contribution is -2.58. The molecule has 0 saturated heterocycles.